The van der Waals surface area contributed by atoms with Crippen LogP contribution < -0.4 is 33.6 Å². The number of aliphatic imine (C=N–C) groups is 1. The number of hydrogen-bond donors (Lipinski definition) is 7. The van der Waals surface area contributed by atoms with Gasteiger partial charge in [-0.2, -0.15) is 4.98 Å². The SMILES string of the molecule is Cc1cc(O)cc(C)c1C[C@@H](NC(=O)[C@H](N)CCCCN=C(N)N)C(=O)N[C@@H](CCCCN)c1nc(Cc2ccccc2)no1. The molecule has 3 rings (SSSR count). The van der Waals surface area contributed by atoms with Crippen molar-refractivity contribution in [3.05, 3.63) is 76.4 Å². The first-order valence-corrected chi connectivity index (χ1v) is 15.3. The number of carbonyl (C=O) groups is 2. The second kappa shape index (κ2) is 17.7. The summed E-state index contributed by atoms with van der Waals surface area (Å²) in [6.07, 6.45) is 4.34. The molecule has 13 heteroatoms. The highest BCUT2D eigenvalue weighted by Gasteiger charge is 2.29. The van der Waals surface area contributed by atoms with Crippen LogP contribution in [0.25, 0.3) is 0 Å². The molecule has 45 heavy (non-hydrogen) atoms. The standard InChI is InChI=1S/C32H47N9O4/c1-20-16-23(42)17-21(2)24(20)19-27(39-29(43)25(34)12-7-9-15-37-32(35)36)30(44)38-26(13-6-8-14-33)31-40-28(41-45-31)18-22-10-4-3-5-11-22/h3-5,10-11,16-17,25-27,42H,6-9,12-15,18-19,33-34H2,1-2H3,(H,38,44)(H,39,43)(H4,35,36,37)/t25-,26+,27-/m1/s1. The first kappa shape index (κ1) is 35.0. The molecule has 0 spiro atoms. The zero-order chi connectivity index (χ0) is 32.8. The molecular formula is C32H47N9O4. The quantitative estimate of drug-likeness (QED) is 0.0617. The molecule has 0 fully saturated rings. The number of nitrogens with one attached hydrogen (secondary N) is 2. The van der Waals surface area contributed by atoms with E-state index >= 15 is 0 Å². The van der Waals surface area contributed by atoms with Gasteiger partial charge in [0.05, 0.1) is 6.04 Å². The number of carbonyl (C=O) groups excluding carboxylic acids is 2. The second-order valence-electron chi connectivity index (χ2n) is 11.3. The molecule has 1 aromatic heterocycles. The predicted molar refractivity (Wildman–Crippen MR) is 173 cm³/mol. The first-order chi connectivity index (χ1) is 21.6. The average Bonchev–Trinajstić information content (AvgIpc) is 3.46. The van der Waals surface area contributed by atoms with E-state index in [0.29, 0.717) is 51.0 Å². The van der Waals surface area contributed by atoms with E-state index in [9.17, 15) is 14.7 Å². The van der Waals surface area contributed by atoms with Crippen LogP contribution in [0.5, 0.6) is 5.75 Å². The van der Waals surface area contributed by atoms with E-state index in [0.717, 1.165) is 35.1 Å². The molecule has 2 amide bonds. The van der Waals surface area contributed by atoms with E-state index in [-0.39, 0.29) is 24.0 Å². The van der Waals surface area contributed by atoms with Gasteiger partial charge < -0.3 is 43.2 Å². The van der Waals surface area contributed by atoms with Crippen molar-refractivity contribution in [3.8, 4) is 5.75 Å². The number of benzene rings is 2. The number of amides is 2. The van der Waals surface area contributed by atoms with Gasteiger partial charge in [0, 0.05) is 19.4 Å². The van der Waals surface area contributed by atoms with Crippen LogP contribution in [0.3, 0.4) is 0 Å². The summed E-state index contributed by atoms with van der Waals surface area (Å²) in [6, 6.07) is 10.6. The van der Waals surface area contributed by atoms with Crippen molar-refractivity contribution in [1.29, 1.82) is 0 Å². The fourth-order valence-electron chi connectivity index (χ4n) is 5.08. The molecule has 11 N–H and O–H groups in total. The number of aryl methyl sites for hydroxylation is 2. The Morgan fingerprint density at radius 1 is 0.978 bits per heavy atom. The first-order valence-electron chi connectivity index (χ1n) is 15.3. The van der Waals surface area contributed by atoms with Gasteiger partial charge in [-0.1, -0.05) is 35.5 Å². The van der Waals surface area contributed by atoms with Crippen molar-refractivity contribution in [2.45, 2.75) is 83.3 Å². The number of phenols is 1. The monoisotopic (exact) mass is 621 g/mol. The minimum Gasteiger partial charge on any atom is -0.508 e. The Hall–Kier alpha value is -4.49. The average molecular weight is 622 g/mol. The van der Waals surface area contributed by atoms with Crippen LogP contribution in [0.2, 0.25) is 0 Å². The molecule has 0 radical (unpaired) electrons. The highest BCUT2D eigenvalue weighted by molar-refractivity contribution is 5.90. The zero-order valence-corrected chi connectivity index (χ0v) is 26.2. The summed E-state index contributed by atoms with van der Waals surface area (Å²) in [5.41, 5.74) is 26.1. The third-order valence-electron chi connectivity index (χ3n) is 7.53. The highest BCUT2D eigenvalue weighted by atomic mass is 16.5. The normalized spacial score (nSPS) is 13.1. The van der Waals surface area contributed by atoms with E-state index < -0.39 is 29.9 Å². The lowest BCUT2D eigenvalue weighted by Crippen LogP contribution is -2.53. The topological polar surface area (TPSA) is 234 Å². The molecule has 3 aromatic rings. The maximum absolute atomic E-state index is 13.9. The summed E-state index contributed by atoms with van der Waals surface area (Å²) in [5.74, 6) is 0.0553. The maximum Gasteiger partial charge on any atom is 0.249 e. The molecule has 1 heterocycles. The van der Waals surface area contributed by atoms with Crippen molar-refractivity contribution < 1.29 is 19.2 Å². The molecule has 0 saturated heterocycles. The number of nitrogens with zero attached hydrogens (tertiary/aromatic N) is 3. The minimum atomic E-state index is -0.962. The fraction of sp³-hybridized carbons (Fsp3) is 0.469. The Bertz CT molecular complexity index is 1380. The van der Waals surface area contributed by atoms with E-state index in [1.165, 1.54) is 0 Å². The van der Waals surface area contributed by atoms with E-state index in [2.05, 4.69) is 25.8 Å². The lowest BCUT2D eigenvalue weighted by molar-refractivity contribution is -0.130. The van der Waals surface area contributed by atoms with Crippen LogP contribution in [0.15, 0.2) is 52.0 Å². The third kappa shape index (κ3) is 11.5. The summed E-state index contributed by atoms with van der Waals surface area (Å²) in [7, 11) is 0. The summed E-state index contributed by atoms with van der Waals surface area (Å²) >= 11 is 0. The number of aromatic hydroxyl groups is 1. The lowest BCUT2D eigenvalue weighted by atomic mass is 9.95. The van der Waals surface area contributed by atoms with Crippen molar-refractivity contribution in [3.63, 3.8) is 0 Å². The highest BCUT2D eigenvalue weighted by Crippen LogP contribution is 2.24. The molecule has 13 nitrogen and oxygen atoms in total. The fourth-order valence-corrected chi connectivity index (χ4v) is 5.08. The van der Waals surface area contributed by atoms with Crippen LogP contribution in [0, 0.1) is 13.8 Å². The number of unbranched alkanes of at least 4 members (excludes halogenated alkanes) is 2. The number of phenolic OH excluding ortho intramolecular Hbond substituents is 1. The van der Waals surface area contributed by atoms with Crippen LogP contribution in [0.4, 0.5) is 0 Å². The van der Waals surface area contributed by atoms with Crippen LogP contribution in [-0.2, 0) is 22.4 Å². The Morgan fingerprint density at radius 2 is 1.67 bits per heavy atom. The molecule has 0 aliphatic rings. The van der Waals surface area contributed by atoms with Crippen molar-refractivity contribution >= 4 is 17.8 Å². The molecule has 0 saturated carbocycles. The van der Waals surface area contributed by atoms with Crippen LogP contribution in [-0.4, -0.2) is 58.2 Å². The Kier molecular flexibility index (Phi) is 13.8. The lowest BCUT2D eigenvalue weighted by Gasteiger charge is -2.24. The van der Waals surface area contributed by atoms with Gasteiger partial charge >= 0.3 is 0 Å². The van der Waals surface area contributed by atoms with Crippen LogP contribution >= 0.6 is 0 Å². The Labute approximate surface area is 264 Å². The number of guanidine groups is 1. The van der Waals surface area contributed by atoms with Gasteiger partial charge in [-0.3, -0.25) is 14.6 Å². The van der Waals surface area contributed by atoms with Gasteiger partial charge in [0.25, 0.3) is 0 Å². The number of nitrogens with two attached hydrogens (primary N) is 4. The molecule has 0 aliphatic heterocycles. The number of hydrogen-bond acceptors (Lipinski definition) is 9. The van der Waals surface area contributed by atoms with Gasteiger partial charge in [0.2, 0.25) is 17.7 Å². The van der Waals surface area contributed by atoms with Gasteiger partial charge in [0.15, 0.2) is 11.8 Å². The van der Waals surface area contributed by atoms with Crippen LogP contribution in [0.1, 0.15) is 78.5 Å². The number of rotatable bonds is 18. The molecule has 244 valence electrons. The van der Waals surface area contributed by atoms with Gasteiger partial charge in [0.1, 0.15) is 17.8 Å². The molecule has 0 unspecified atom stereocenters. The van der Waals surface area contributed by atoms with Gasteiger partial charge in [-0.05, 0) is 93.3 Å². The third-order valence-corrected chi connectivity index (χ3v) is 7.53. The minimum absolute atomic E-state index is 0.0139. The van der Waals surface area contributed by atoms with Crippen molar-refractivity contribution in [2.75, 3.05) is 13.1 Å². The Morgan fingerprint density at radius 3 is 2.33 bits per heavy atom. The van der Waals surface area contributed by atoms with E-state index in [1.807, 2.05) is 44.2 Å². The van der Waals surface area contributed by atoms with Gasteiger partial charge in [-0.25, -0.2) is 0 Å². The molecule has 0 bridgehead atoms. The molecular weight excluding hydrogens is 574 g/mol. The zero-order valence-electron chi connectivity index (χ0n) is 26.2. The molecule has 2 aromatic carbocycles. The molecule has 0 aliphatic carbocycles. The smallest absolute Gasteiger partial charge is 0.249 e. The van der Waals surface area contributed by atoms with E-state index in [1.54, 1.807) is 12.1 Å². The van der Waals surface area contributed by atoms with E-state index in [4.69, 9.17) is 27.5 Å². The van der Waals surface area contributed by atoms with Crippen molar-refractivity contribution in [2.24, 2.45) is 27.9 Å². The predicted octanol–water partition coefficient (Wildman–Crippen LogP) is 1.77. The number of aromatic nitrogens is 2. The summed E-state index contributed by atoms with van der Waals surface area (Å²) < 4.78 is 5.61. The second-order valence-corrected chi connectivity index (χ2v) is 11.3. The summed E-state index contributed by atoms with van der Waals surface area (Å²) in [6.45, 7) is 4.65. The summed E-state index contributed by atoms with van der Waals surface area (Å²) in [4.78, 5) is 35.6. The maximum atomic E-state index is 13.9. The van der Waals surface area contributed by atoms with Crippen molar-refractivity contribution in [1.82, 2.24) is 20.8 Å². The summed E-state index contributed by atoms with van der Waals surface area (Å²) in [5, 5.41) is 20.1. The largest absolute Gasteiger partial charge is 0.508 e. The Balaban J connectivity index is 1.79. The molecule has 3 atom stereocenters. The van der Waals surface area contributed by atoms with Gasteiger partial charge in [-0.15, -0.1) is 0 Å².